The number of benzene rings is 1. The molecule has 0 aliphatic carbocycles. The van der Waals surface area contributed by atoms with E-state index in [4.69, 9.17) is 0 Å². The lowest BCUT2D eigenvalue weighted by Crippen LogP contribution is -2.45. The van der Waals surface area contributed by atoms with Crippen LogP contribution in [0.15, 0.2) is 30.5 Å². The van der Waals surface area contributed by atoms with Gasteiger partial charge in [-0.25, -0.2) is 9.78 Å². The van der Waals surface area contributed by atoms with E-state index in [0.717, 1.165) is 30.6 Å². The molecular weight excluding hydrogens is 451 g/mol. The van der Waals surface area contributed by atoms with Gasteiger partial charge in [0.2, 0.25) is 0 Å². The molecule has 4 rings (SSSR count). The third kappa shape index (κ3) is 4.67. The van der Waals surface area contributed by atoms with Crippen LogP contribution in [0.4, 0.5) is 29.3 Å². The van der Waals surface area contributed by atoms with Crippen molar-refractivity contribution in [1.29, 1.82) is 0 Å². The van der Waals surface area contributed by atoms with E-state index in [1.807, 2.05) is 14.0 Å². The zero-order chi connectivity index (χ0) is 24.6. The van der Waals surface area contributed by atoms with E-state index >= 15 is 0 Å². The number of nitrogens with zero attached hydrogens (tertiary/aromatic N) is 5. The zero-order valence-corrected chi connectivity index (χ0v) is 18.9. The van der Waals surface area contributed by atoms with Crippen molar-refractivity contribution in [3.05, 3.63) is 47.3 Å². The van der Waals surface area contributed by atoms with Crippen molar-refractivity contribution in [2.75, 3.05) is 43.4 Å². The summed E-state index contributed by atoms with van der Waals surface area (Å²) in [6.45, 7) is 4.74. The van der Waals surface area contributed by atoms with Crippen LogP contribution < -0.4 is 15.5 Å². The van der Waals surface area contributed by atoms with Crippen LogP contribution in [0.1, 0.15) is 21.6 Å². The second-order valence-corrected chi connectivity index (χ2v) is 8.21. The number of imide groups is 1. The summed E-state index contributed by atoms with van der Waals surface area (Å²) in [6.07, 6.45) is -3.16. The average Bonchev–Trinajstić information content (AvgIpc) is 3.07. The monoisotopic (exact) mass is 475 g/mol. The summed E-state index contributed by atoms with van der Waals surface area (Å²) in [5, 5.41) is 9.63. The number of fused-ring (bicyclic) bond motifs is 1. The number of hydrogen-bond acceptors (Lipinski definition) is 6. The van der Waals surface area contributed by atoms with Crippen LogP contribution in [0.5, 0.6) is 0 Å². The third-order valence-electron chi connectivity index (χ3n) is 5.74. The number of nitrogens with one attached hydrogen (secondary N) is 2. The number of urea groups is 1. The zero-order valence-electron chi connectivity index (χ0n) is 18.9. The molecule has 3 aromatic rings. The Hall–Kier alpha value is -3.67. The molecule has 9 nitrogen and oxygen atoms in total. The summed E-state index contributed by atoms with van der Waals surface area (Å²) >= 11 is 0. The molecule has 3 amide bonds. The van der Waals surface area contributed by atoms with Crippen LogP contribution in [0.2, 0.25) is 0 Å². The van der Waals surface area contributed by atoms with Gasteiger partial charge in [-0.15, -0.1) is 0 Å². The van der Waals surface area contributed by atoms with Crippen molar-refractivity contribution in [3.8, 4) is 0 Å². The molecule has 3 heterocycles. The molecule has 2 N–H and O–H groups in total. The molecule has 0 bridgehead atoms. The fourth-order valence-electron chi connectivity index (χ4n) is 4.02. The topological polar surface area (TPSA) is 95.4 Å². The standard InChI is InChI=1S/C22H24F3N7O2/c1-13-17-18(32-9-7-30(2)8-10-32)16(12-26-19(17)31(3)29-13)20(33)28-21(34)27-15-6-4-5-14(11-15)22(23,24)25/h4-6,11-12H,7-10H2,1-3H3,(H2,27,28,33,34). The molecule has 1 aromatic carbocycles. The minimum absolute atomic E-state index is 0.0869. The smallest absolute Gasteiger partial charge is 0.368 e. The predicted molar refractivity (Wildman–Crippen MR) is 121 cm³/mol. The number of rotatable bonds is 3. The first kappa shape index (κ1) is 23.5. The Labute approximate surface area is 193 Å². The van der Waals surface area contributed by atoms with Gasteiger partial charge in [0.15, 0.2) is 5.65 Å². The predicted octanol–water partition coefficient (Wildman–Crippen LogP) is 3.01. The minimum Gasteiger partial charge on any atom is -0.368 e. The van der Waals surface area contributed by atoms with Gasteiger partial charge in [-0.2, -0.15) is 18.3 Å². The Balaban J connectivity index is 1.62. The van der Waals surface area contributed by atoms with E-state index in [0.29, 0.717) is 30.1 Å². The highest BCUT2D eigenvalue weighted by molar-refractivity contribution is 6.13. The highest BCUT2D eigenvalue weighted by Crippen LogP contribution is 2.33. The maximum absolute atomic E-state index is 13.1. The number of hydrogen-bond donors (Lipinski definition) is 2. The van der Waals surface area contributed by atoms with Gasteiger partial charge in [0.05, 0.1) is 27.9 Å². The Bertz CT molecular complexity index is 1250. The van der Waals surface area contributed by atoms with Gasteiger partial charge in [0.25, 0.3) is 5.91 Å². The highest BCUT2D eigenvalue weighted by Gasteiger charge is 2.31. The molecule has 12 heteroatoms. The molecule has 0 spiro atoms. The summed E-state index contributed by atoms with van der Waals surface area (Å²) in [5.41, 5.74) is 1.13. The molecule has 2 aromatic heterocycles. The van der Waals surface area contributed by atoms with Crippen molar-refractivity contribution in [3.63, 3.8) is 0 Å². The molecule has 1 aliphatic rings. The van der Waals surface area contributed by atoms with Gasteiger partial charge in [-0.1, -0.05) is 6.07 Å². The van der Waals surface area contributed by atoms with Crippen LogP contribution >= 0.6 is 0 Å². The normalized spacial score (nSPS) is 14.9. The lowest BCUT2D eigenvalue weighted by molar-refractivity contribution is -0.137. The van der Waals surface area contributed by atoms with Crippen LogP contribution in [0.25, 0.3) is 11.0 Å². The number of piperazine rings is 1. The number of alkyl halides is 3. The molecule has 0 unspecified atom stereocenters. The van der Waals surface area contributed by atoms with Crippen LogP contribution in [0.3, 0.4) is 0 Å². The van der Waals surface area contributed by atoms with E-state index in [-0.39, 0.29) is 11.3 Å². The first-order chi connectivity index (χ1) is 16.0. The van der Waals surface area contributed by atoms with Crippen LogP contribution in [-0.4, -0.2) is 64.8 Å². The maximum atomic E-state index is 13.1. The summed E-state index contributed by atoms with van der Waals surface area (Å²) in [5.74, 6) is -0.712. The second-order valence-electron chi connectivity index (χ2n) is 8.21. The number of pyridine rings is 1. The van der Waals surface area contributed by atoms with Gasteiger partial charge >= 0.3 is 12.2 Å². The fraction of sp³-hybridized carbons (Fsp3) is 0.364. The summed E-state index contributed by atoms with van der Waals surface area (Å²) in [6, 6.07) is 3.23. The number of anilines is 2. The Morgan fingerprint density at radius 3 is 2.47 bits per heavy atom. The largest absolute Gasteiger partial charge is 0.416 e. The quantitative estimate of drug-likeness (QED) is 0.605. The fourth-order valence-corrected chi connectivity index (χ4v) is 4.02. The molecule has 180 valence electrons. The van der Waals surface area contributed by atoms with Crippen molar-refractivity contribution < 1.29 is 22.8 Å². The maximum Gasteiger partial charge on any atom is 0.416 e. The first-order valence-corrected chi connectivity index (χ1v) is 10.6. The second kappa shape index (κ2) is 8.93. The summed E-state index contributed by atoms with van der Waals surface area (Å²) < 4.78 is 40.5. The summed E-state index contributed by atoms with van der Waals surface area (Å²) in [7, 11) is 3.78. The SMILES string of the molecule is Cc1nn(C)c2ncc(C(=O)NC(=O)Nc3cccc(C(F)(F)F)c3)c(N3CCN(C)CC3)c12. The van der Waals surface area contributed by atoms with Gasteiger partial charge in [0, 0.05) is 45.1 Å². The third-order valence-corrected chi connectivity index (χ3v) is 5.74. The molecule has 34 heavy (non-hydrogen) atoms. The number of carbonyl (C=O) groups excluding carboxylic acids is 2. The number of aromatic nitrogens is 3. The molecule has 1 aliphatic heterocycles. The van der Waals surface area contributed by atoms with Crippen molar-refractivity contribution >= 4 is 34.3 Å². The lowest BCUT2D eigenvalue weighted by atomic mass is 10.1. The van der Waals surface area contributed by atoms with Gasteiger partial charge in [-0.3, -0.25) is 14.8 Å². The number of likely N-dealkylation sites (N-methyl/N-ethyl adjacent to an activating group) is 1. The van der Waals surface area contributed by atoms with Crippen molar-refractivity contribution in [1.82, 2.24) is 25.0 Å². The summed E-state index contributed by atoms with van der Waals surface area (Å²) in [4.78, 5) is 34.2. The number of aryl methyl sites for hydroxylation is 2. The lowest BCUT2D eigenvalue weighted by Gasteiger charge is -2.35. The number of amides is 3. The van der Waals surface area contributed by atoms with Crippen LogP contribution in [-0.2, 0) is 13.2 Å². The van der Waals surface area contributed by atoms with E-state index < -0.39 is 23.7 Å². The average molecular weight is 475 g/mol. The number of halogens is 3. The molecule has 0 radical (unpaired) electrons. The highest BCUT2D eigenvalue weighted by atomic mass is 19.4. The van der Waals surface area contributed by atoms with Gasteiger partial charge in [0.1, 0.15) is 0 Å². The van der Waals surface area contributed by atoms with E-state index in [1.165, 1.54) is 18.3 Å². The Morgan fingerprint density at radius 1 is 1.09 bits per heavy atom. The Morgan fingerprint density at radius 2 is 1.79 bits per heavy atom. The van der Waals surface area contributed by atoms with Crippen molar-refractivity contribution in [2.45, 2.75) is 13.1 Å². The molecular formula is C22H24F3N7O2. The molecule has 1 fully saturated rings. The van der Waals surface area contributed by atoms with E-state index in [1.54, 1.807) is 11.7 Å². The molecule has 0 atom stereocenters. The van der Waals surface area contributed by atoms with Gasteiger partial charge < -0.3 is 15.1 Å². The number of carbonyl (C=O) groups is 2. The van der Waals surface area contributed by atoms with Gasteiger partial charge in [-0.05, 0) is 32.2 Å². The first-order valence-electron chi connectivity index (χ1n) is 10.6. The molecule has 0 saturated carbocycles. The van der Waals surface area contributed by atoms with Crippen molar-refractivity contribution in [2.24, 2.45) is 7.05 Å². The van der Waals surface area contributed by atoms with Crippen LogP contribution in [0, 0.1) is 6.92 Å². The minimum atomic E-state index is -4.55. The van der Waals surface area contributed by atoms with E-state index in [2.05, 4.69) is 30.5 Å². The molecule has 1 saturated heterocycles. The van der Waals surface area contributed by atoms with E-state index in [9.17, 15) is 22.8 Å². The Kier molecular flexibility index (Phi) is 6.17.